The first kappa shape index (κ1) is 9.40. The Morgan fingerprint density at radius 1 is 1.50 bits per heavy atom. The molecule has 0 amide bonds. The number of nitrogens with zero attached hydrogens (tertiary/aromatic N) is 1. The zero-order chi connectivity index (χ0) is 10.1. The van der Waals surface area contributed by atoms with Crippen LogP contribution in [0.1, 0.15) is 0 Å². The van der Waals surface area contributed by atoms with Crippen LogP contribution in [0.2, 0.25) is 0 Å². The van der Waals surface area contributed by atoms with Crippen LogP contribution in [0.25, 0.3) is 10.9 Å². The summed E-state index contributed by atoms with van der Waals surface area (Å²) < 4.78 is 19.0. The Kier molecular flexibility index (Phi) is 2.37. The first-order valence-electron chi connectivity index (χ1n) is 4.00. The molecule has 2 rings (SSSR count). The lowest BCUT2D eigenvalue weighted by atomic mass is 10.2. The maximum Gasteiger partial charge on any atom is 0.180 e. The van der Waals surface area contributed by atoms with Crippen LogP contribution in [0.4, 0.5) is 4.39 Å². The van der Waals surface area contributed by atoms with E-state index in [1.807, 2.05) is 6.07 Å². The van der Waals surface area contributed by atoms with Crippen LogP contribution in [-0.2, 0) is 0 Å². The highest BCUT2D eigenvalue weighted by Crippen LogP contribution is 2.32. The van der Waals surface area contributed by atoms with Crippen LogP contribution in [0.15, 0.2) is 28.9 Å². The molecule has 0 aliphatic rings. The fourth-order valence-electron chi connectivity index (χ4n) is 1.34. The van der Waals surface area contributed by atoms with Crippen molar-refractivity contribution in [2.45, 2.75) is 0 Å². The van der Waals surface area contributed by atoms with Gasteiger partial charge < -0.3 is 4.74 Å². The lowest BCUT2D eigenvalue weighted by molar-refractivity contribution is 0.391. The summed E-state index contributed by atoms with van der Waals surface area (Å²) in [6.07, 6.45) is 1.61. The van der Waals surface area contributed by atoms with Crippen molar-refractivity contribution >= 4 is 26.8 Å². The predicted molar refractivity (Wildman–Crippen MR) is 56.0 cm³/mol. The molecule has 0 bridgehead atoms. The predicted octanol–water partition coefficient (Wildman–Crippen LogP) is 3.15. The third-order valence-corrected chi connectivity index (χ3v) is 2.61. The van der Waals surface area contributed by atoms with E-state index in [1.54, 1.807) is 12.3 Å². The molecule has 0 saturated carbocycles. The molecule has 0 saturated heterocycles. The third kappa shape index (κ3) is 1.35. The van der Waals surface area contributed by atoms with E-state index in [1.165, 1.54) is 13.2 Å². The summed E-state index contributed by atoms with van der Waals surface area (Å²) >= 11 is 3.28. The normalized spacial score (nSPS) is 10.5. The van der Waals surface area contributed by atoms with Gasteiger partial charge in [0, 0.05) is 16.1 Å². The summed E-state index contributed by atoms with van der Waals surface area (Å²) in [5, 5.41) is 0.839. The van der Waals surface area contributed by atoms with Crippen LogP contribution in [0.5, 0.6) is 5.75 Å². The van der Waals surface area contributed by atoms with Gasteiger partial charge in [0.25, 0.3) is 0 Å². The first-order valence-corrected chi connectivity index (χ1v) is 4.80. The quantitative estimate of drug-likeness (QED) is 0.781. The topological polar surface area (TPSA) is 22.1 Å². The Hall–Kier alpha value is -1.16. The van der Waals surface area contributed by atoms with Crippen molar-refractivity contribution < 1.29 is 9.13 Å². The van der Waals surface area contributed by atoms with Gasteiger partial charge in [-0.1, -0.05) is 0 Å². The second-order valence-corrected chi connectivity index (χ2v) is 3.63. The van der Waals surface area contributed by atoms with Gasteiger partial charge in [-0.25, -0.2) is 4.39 Å². The van der Waals surface area contributed by atoms with Gasteiger partial charge >= 0.3 is 0 Å². The van der Waals surface area contributed by atoms with Gasteiger partial charge in [-0.05, 0) is 34.1 Å². The lowest BCUT2D eigenvalue weighted by Gasteiger charge is -2.06. The molecule has 0 unspecified atom stereocenters. The number of hydrogen-bond acceptors (Lipinski definition) is 2. The molecule has 0 fully saturated rings. The minimum Gasteiger partial charge on any atom is -0.491 e. The van der Waals surface area contributed by atoms with Crippen LogP contribution in [0, 0.1) is 5.82 Å². The van der Waals surface area contributed by atoms with Crippen molar-refractivity contribution in [2.75, 3.05) is 7.11 Å². The van der Waals surface area contributed by atoms with Crippen molar-refractivity contribution in [1.82, 2.24) is 4.98 Å². The Labute approximate surface area is 88.8 Å². The van der Waals surface area contributed by atoms with Gasteiger partial charge in [-0.2, -0.15) is 0 Å². The highest BCUT2D eigenvalue weighted by atomic mass is 79.9. The monoisotopic (exact) mass is 255 g/mol. The number of aromatic nitrogens is 1. The van der Waals surface area contributed by atoms with Crippen LogP contribution < -0.4 is 4.74 Å². The smallest absolute Gasteiger partial charge is 0.180 e. The first-order chi connectivity index (χ1) is 6.74. The second kappa shape index (κ2) is 3.53. The van der Waals surface area contributed by atoms with Crippen molar-refractivity contribution in [3.63, 3.8) is 0 Å². The molecule has 0 aliphatic heterocycles. The molecule has 0 radical (unpaired) electrons. The number of ether oxygens (including phenoxy) is 1. The molecule has 0 aliphatic carbocycles. The molecular formula is C10H7BrFNO. The van der Waals surface area contributed by atoms with Crippen molar-refractivity contribution in [3.8, 4) is 5.75 Å². The molecule has 1 aromatic carbocycles. The molecule has 14 heavy (non-hydrogen) atoms. The van der Waals surface area contributed by atoms with E-state index >= 15 is 0 Å². The molecule has 0 spiro atoms. The fourth-order valence-corrected chi connectivity index (χ4v) is 1.86. The van der Waals surface area contributed by atoms with E-state index in [0.717, 1.165) is 5.39 Å². The van der Waals surface area contributed by atoms with E-state index in [-0.39, 0.29) is 5.75 Å². The highest BCUT2D eigenvalue weighted by Gasteiger charge is 2.11. The average Bonchev–Trinajstić information content (AvgIpc) is 2.18. The summed E-state index contributed by atoms with van der Waals surface area (Å²) in [5.74, 6) is -0.227. The Morgan fingerprint density at radius 3 is 3.00 bits per heavy atom. The van der Waals surface area contributed by atoms with Crippen LogP contribution >= 0.6 is 15.9 Å². The fraction of sp³-hybridized carbons (Fsp3) is 0.100. The molecule has 0 N–H and O–H groups in total. The number of fused-ring (bicyclic) bond motifs is 1. The van der Waals surface area contributed by atoms with Gasteiger partial charge in [0.1, 0.15) is 5.52 Å². The highest BCUT2D eigenvalue weighted by molar-refractivity contribution is 9.10. The minimum atomic E-state index is -0.412. The van der Waals surface area contributed by atoms with E-state index in [4.69, 9.17) is 4.74 Å². The number of benzene rings is 1. The van der Waals surface area contributed by atoms with Crippen molar-refractivity contribution in [2.24, 2.45) is 0 Å². The zero-order valence-corrected chi connectivity index (χ0v) is 9.01. The Morgan fingerprint density at radius 2 is 2.29 bits per heavy atom. The third-order valence-electron chi connectivity index (χ3n) is 1.95. The van der Waals surface area contributed by atoms with E-state index in [0.29, 0.717) is 9.99 Å². The van der Waals surface area contributed by atoms with Gasteiger partial charge in [0.2, 0.25) is 0 Å². The molecule has 1 heterocycles. The van der Waals surface area contributed by atoms with Crippen molar-refractivity contribution in [1.29, 1.82) is 0 Å². The SMILES string of the molecule is COc1c(F)cc(Br)c2cccnc12. The average molecular weight is 256 g/mol. The Bertz CT molecular complexity index is 487. The van der Waals surface area contributed by atoms with E-state index in [2.05, 4.69) is 20.9 Å². The summed E-state index contributed by atoms with van der Waals surface area (Å²) in [6, 6.07) is 5.03. The lowest BCUT2D eigenvalue weighted by Crippen LogP contribution is -1.92. The van der Waals surface area contributed by atoms with E-state index in [9.17, 15) is 4.39 Å². The Balaban J connectivity index is 2.90. The number of halogens is 2. The molecule has 1 aromatic heterocycles. The van der Waals surface area contributed by atoms with Crippen LogP contribution in [0.3, 0.4) is 0 Å². The van der Waals surface area contributed by atoms with Crippen LogP contribution in [-0.4, -0.2) is 12.1 Å². The van der Waals surface area contributed by atoms with Gasteiger partial charge in [0.15, 0.2) is 11.6 Å². The number of rotatable bonds is 1. The van der Waals surface area contributed by atoms with Gasteiger partial charge in [-0.15, -0.1) is 0 Å². The zero-order valence-electron chi connectivity index (χ0n) is 7.42. The standard InChI is InChI=1S/C10H7BrFNO/c1-14-10-8(12)5-7(11)6-3-2-4-13-9(6)10/h2-5H,1H3. The minimum absolute atomic E-state index is 0.184. The molecular weight excluding hydrogens is 249 g/mol. The van der Waals surface area contributed by atoms with Gasteiger partial charge in [0.05, 0.1) is 7.11 Å². The largest absolute Gasteiger partial charge is 0.491 e. The molecule has 4 heteroatoms. The number of methoxy groups -OCH3 is 1. The molecule has 72 valence electrons. The molecule has 2 nitrogen and oxygen atoms in total. The summed E-state index contributed by atoms with van der Waals surface area (Å²) in [4.78, 5) is 4.08. The maximum absolute atomic E-state index is 13.4. The number of pyridine rings is 1. The van der Waals surface area contributed by atoms with Gasteiger partial charge in [-0.3, -0.25) is 4.98 Å². The second-order valence-electron chi connectivity index (χ2n) is 2.77. The molecule has 0 atom stereocenters. The summed E-state index contributed by atoms with van der Waals surface area (Å²) in [6.45, 7) is 0. The maximum atomic E-state index is 13.4. The van der Waals surface area contributed by atoms with E-state index < -0.39 is 5.82 Å². The molecule has 2 aromatic rings. The summed E-state index contributed by atoms with van der Waals surface area (Å²) in [7, 11) is 1.43. The summed E-state index contributed by atoms with van der Waals surface area (Å²) in [5.41, 5.74) is 0.530. The van der Waals surface area contributed by atoms with Crippen molar-refractivity contribution in [3.05, 3.63) is 34.7 Å². The number of hydrogen-bond donors (Lipinski definition) is 0.